The first-order chi connectivity index (χ1) is 13.6. The number of hydrogen-bond acceptors (Lipinski definition) is 4. The number of benzene rings is 1. The number of piperidine rings is 1. The third kappa shape index (κ3) is 5.67. The molecule has 0 aliphatic carbocycles. The van der Waals surface area contributed by atoms with Crippen molar-refractivity contribution in [2.45, 2.75) is 39.2 Å². The van der Waals surface area contributed by atoms with Gasteiger partial charge in [0.2, 0.25) is 5.91 Å². The van der Waals surface area contributed by atoms with Gasteiger partial charge in [-0.15, -0.1) is 0 Å². The van der Waals surface area contributed by atoms with E-state index in [0.717, 1.165) is 51.5 Å². The maximum Gasteiger partial charge on any atom is 0.237 e. The molecule has 1 N–H and O–H groups in total. The summed E-state index contributed by atoms with van der Waals surface area (Å²) in [5.74, 6) is 0.550. The molecule has 5 nitrogen and oxygen atoms in total. The van der Waals surface area contributed by atoms with Crippen molar-refractivity contribution in [2.24, 2.45) is 5.92 Å². The van der Waals surface area contributed by atoms with Crippen LogP contribution >= 0.6 is 0 Å². The topological polar surface area (TPSA) is 38.8 Å². The molecule has 1 unspecified atom stereocenters. The lowest BCUT2D eigenvalue weighted by atomic mass is 9.96. The van der Waals surface area contributed by atoms with E-state index in [9.17, 15) is 9.18 Å². The molecule has 2 aliphatic rings. The highest BCUT2D eigenvalue weighted by atomic mass is 19.1. The first-order valence-electron chi connectivity index (χ1n) is 10.8. The Balaban J connectivity index is 1.38. The Morgan fingerprint density at radius 1 is 1.11 bits per heavy atom. The monoisotopic (exact) mass is 390 g/mol. The van der Waals surface area contributed by atoms with Crippen molar-refractivity contribution in [1.82, 2.24) is 15.1 Å². The average Bonchev–Trinajstić information content (AvgIpc) is 2.73. The lowest BCUT2D eigenvalue weighted by molar-refractivity contribution is -0.126. The second-order valence-electron chi connectivity index (χ2n) is 8.21. The van der Waals surface area contributed by atoms with E-state index >= 15 is 0 Å². The lowest BCUT2D eigenvalue weighted by Gasteiger charge is -2.38. The van der Waals surface area contributed by atoms with E-state index in [1.165, 1.54) is 37.9 Å². The quantitative estimate of drug-likeness (QED) is 0.777. The van der Waals surface area contributed by atoms with E-state index in [0.29, 0.717) is 5.92 Å². The Morgan fingerprint density at radius 2 is 1.75 bits per heavy atom. The highest BCUT2D eigenvalue weighted by Gasteiger charge is 2.26. The van der Waals surface area contributed by atoms with E-state index < -0.39 is 0 Å². The van der Waals surface area contributed by atoms with Crippen LogP contribution in [0.5, 0.6) is 0 Å². The highest BCUT2D eigenvalue weighted by Crippen LogP contribution is 2.19. The molecule has 3 rings (SSSR count). The van der Waals surface area contributed by atoms with Crippen molar-refractivity contribution in [3.8, 4) is 0 Å². The van der Waals surface area contributed by atoms with Gasteiger partial charge in [-0.1, -0.05) is 6.92 Å². The molecule has 2 fully saturated rings. The fourth-order valence-electron chi connectivity index (χ4n) is 4.31. The SMILES string of the molecule is CCCN1CCC(CNC(=O)C(C)N2CCN(c3ccc(F)cc3)CC2)CC1. The van der Waals surface area contributed by atoms with Crippen LogP contribution in [0.1, 0.15) is 33.1 Å². The lowest BCUT2D eigenvalue weighted by Crippen LogP contribution is -2.54. The zero-order chi connectivity index (χ0) is 19.9. The normalized spacial score (nSPS) is 20.9. The van der Waals surface area contributed by atoms with Crippen LogP contribution in [0, 0.1) is 11.7 Å². The smallest absolute Gasteiger partial charge is 0.237 e. The number of nitrogens with one attached hydrogen (secondary N) is 1. The van der Waals surface area contributed by atoms with Crippen LogP contribution in [0.2, 0.25) is 0 Å². The second kappa shape index (κ2) is 10.2. The summed E-state index contributed by atoms with van der Waals surface area (Å²) >= 11 is 0. The van der Waals surface area contributed by atoms with Gasteiger partial charge in [-0.05, 0) is 76.0 Å². The van der Waals surface area contributed by atoms with Crippen molar-refractivity contribution >= 4 is 11.6 Å². The highest BCUT2D eigenvalue weighted by molar-refractivity contribution is 5.81. The summed E-state index contributed by atoms with van der Waals surface area (Å²) in [5, 5.41) is 3.19. The van der Waals surface area contributed by atoms with E-state index in [1.807, 2.05) is 19.1 Å². The fraction of sp³-hybridized carbons (Fsp3) is 0.682. The van der Waals surface area contributed by atoms with Gasteiger partial charge in [0.05, 0.1) is 6.04 Å². The molecular weight excluding hydrogens is 355 g/mol. The van der Waals surface area contributed by atoms with Gasteiger partial charge in [0.25, 0.3) is 0 Å². The van der Waals surface area contributed by atoms with Gasteiger partial charge in [0.15, 0.2) is 0 Å². The molecule has 6 heteroatoms. The molecule has 1 aromatic rings. The number of carbonyl (C=O) groups is 1. The summed E-state index contributed by atoms with van der Waals surface area (Å²) in [7, 11) is 0. The number of anilines is 1. The van der Waals surface area contributed by atoms with Crippen molar-refractivity contribution in [2.75, 3.05) is 57.3 Å². The molecule has 0 saturated carbocycles. The molecule has 28 heavy (non-hydrogen) atoms. The van der Waals surface area contributed by atoms with Crippen LogP contribution in [-0.2, 0) is 4.79 Å². The molecule has 156 valence electrons. The Morgan fingerprint density at radius 3 is 2.36 bits per heavy atom. The molecule has 2 heterocycles. The van der Waals surface area contributed by atoms with Crippen LogP contribution in [0.25, 0.3) is 0 Å². The zero-order valence-electron chi connectivity index (χ0n) is 17.4. The molecule has 2 saturated heterocycles. The summed E-state index contributed by atoms with van der Waals surface area (Å²) in [5.41, 5.74) is 1.05. The molecule has 1 aromatic carbocycles. The minimum atomic E-state index is -0.205. The summed E-state index contributed by atoms with van der Waals surface area (Å²) < 4.78 is 13.1. The molecule has 0 radical (unpaired) electrons. The van der Waals surface area contributed by atoms with E-state index in [2.05, 4.69) is 26.9 Å². The van der Waals surface area contributed by atoms with Crippen LogP contribution in [-0.4, -0.2) is 74.1 Å². The molecule has 1 amide bonds. The Labute approximate surface area is 168 Å². The summed E-state index contributed by atoms with van der Waals surface area (Å²) in [6.07, 6.45) is 3.59. The minimum absolute atomic E-state index is 0.101. The zero-order valence-corrected chi connectivity index (χ0v) is 17.4. The summed E-state index contributed by atoms with van der Waals surface area (Å²) in [6, 6.07) is 6.56. The number of piperazine rings is 1. The van der Waals surface area contributed by atoms with Crippen molar-refractivity contribution < 1.29 is 9.18 Å². The molecule has 0 aromatic heterocycles. The number of hydrogen-bond donors (Lipinski definition) is 1. The number of amides is 1. The third-order valence-corrected chi connectivity index (χ3v) is 6.25. The van der Waals surface area contributed by atoms with Gasteiger partial charge in [0.1, 0.15) is 5.82 Å². The van der Waals surface area contributed by atoms with E-state index in [-0.39, 0.29) is 17.8 Å². The minimum Gasteiger partial charge on any atom is -0.369 e. The summed E-state index contributed by atoms with van der Waals surface area (Å²) in [6.45, 7) is 12.0. The maximum absolute atomic E-state index is 13.1. The Hall–Kier alpha value is -1.66. The van der Waals surface area contributed by atoms with Gasteiger partial charge in [-0.2, -0.15) is 0 Å². The van der Waals surface area contributed by atoms with Gasteiger partial charge in [-0.25, -0.2) is 4.39 Å². The molecule has 1 atom stereocenters. The van der Waals surface area contributed by atoms with Gasteiger partial charge in [-0.3, -0.25) is 9.69 Å². The predicted molar refractivity (Wildman–Crippen MR) is 112 cm³/mol. The van der Waals surface area contributed by atoms with Crippen LogP contribution < -0.4 is 10.2 Å². The number of halogens is 1. The predicted octanol–water partition coefficient (Wildman–Crippen LogP) is 2.57. The first-order valence-corrected chi connectivity index (χ1v) is 10.8. The van der Waals surface area contributed by atoms with Crippen molar-refractivity contribution in [1.29, 1.82) is 0 Å². The Bertz CT molecular complexity index is 607. The van der Waals surface area contributed by atoms with Gasteiger partial charge < -0.3 is 15.1 Å². The largest absolute Gasteiger partial charge is 0.369 e. The molecule has 0 bridgehead atoms. The van der Waals surface area contributed by atoms with Crippen molar-refractivity contribution in [3.63, 3.8) is 0 Å². The number of rotatable bonds is 7. The van der Waals surface area contributed by atoms with E-state index in [4.69, 9.17) is 0 Å². The number of carbonyl (C=O) groups excluding carboxylic acids is 1. The summed E-state index contributed by atoms with van der Waals surface area (Å²) in [4.78, 5) is 19.7. The molecule has 0 spiro atoms. The number of likely N-dealkylation sites (tertiary alicyclic amines) is 1. The second-order valence-corrected chi connectivity index (χ2v) is 8.21. The van der Waals surface area contributed by atoms with Crippen LogP contribution in [0.3, 0.4) is 0 Å². The fourth-order valence-corrected chi connectivity index (χ4v) is 4.31. The van der Waals surface area contributed by atoms with E-state index in [1.54, 1.807) is 0 Å². The molecule has 2 aliphatic heterocycles. The van der Waals surface area contributed by atoms with Crippen molar-refractivity contribution in [3.05, 3.63) is 30.1 Å². The standard InChI is InChI=1S/C22H35FN4O/c1-3-10-25-11-8-19(9-12-25)17-24-22(28)18(2)26-13-15-27(16-14-26)21-6-4-20(23)5-7-21/h4-7,18-19H,3,8-17H2,1-2H3,(H,24,28). The number of nitrogens with zero attached hydrogens (tertiary/aromatic N) is 3. The van der Waals surface area contributed by atoms with Crippen LogP contribution in [0.15, 0.2) is 24.3 Å². The van der Waals surface area contributed by atoms with Gasteiger partial charge >= 0.3 is 0 Å². The van der Waals surface area contributed by atoms with Crippen LogP contribution in [0.4, 0.5) is 10.1 Å². The average molecular weight is 391 g/mol. The third-order valence-electron chi connectivity index (χ3n) is 6.25. The first kappa shape index (κ1) is 21.1. The Kier molecular flexibility index (Phi) is 7.68. The maximum atomic E-state index is 13.1. The van der Waals surface area contributed by atoms with Gasteiger partial charge in [0, 0.05) is 38.4 Å². The molecular formula is C22H35FN4O.